The summed E-state index contributed by atoms with van der Waals surface area (Å²) in [4.78, 5) is 29.4. The first-order valence-electron chi connectivity index (χ1n) is 8.17. The predicted octanol–water partition coefficient (Wildman–Crippen LogP) is 1.34. The fourth-order valence-corrected chi connectivity index (χ4v) is 2.62. The molecule has 0 atom stereocenters. The van der Waals surface area contributed by atoms with Crippen LogP contribution in [0.25, 0.3) is 0 Å². The Morgan fingerprint density at radius 3 is 2.29 bits per heavy atom. The van der Waals surface area contributed by atoms with E-state index in [4.69, 9.17) is 0 Å². The summed E-state index contributed by atoms with van der Waals surface area (Å²) in [5, 5.41) is 2.84. The second kappa shape index (κ2) is 7.25. The Kier molecular flexibility index (Phi) is 4.88. The fraction of sp³-hybridized carbons (Fsp3) is 0.412. The Morgan fingerprint density at radius 2 is 1.71 bits per heavy atom. The van der Waals surface area contributed by atoms with E-state index in [0.29, 0.717) is 11.5 Å². The highest BCUT2D eigenvalue weighted by molar-refractivity contribution is 5.93. The highest BCUT2D eigenvalue weighted by atomic mass is 16.1. The molecule has 0 radical (unpaired) electrons. The molecule has 2 aromatic rings. The number of hydrogen-bond donors (Lipinski definition) is 1. The smallest absolute Gasteiger partial charge is 0.254 e. The van der Waals surface area contributed by atoms with Gasteiger partial charge >= 0.3 is 0 Å². The molecule has 7 nitrogen and oxygen atoms in total. The summed E-state index contributed by atoms with van der Waals surface area (Å²) in [6, 6.07) is 6.04. The number of amides is 1. The highest BCUT2D eigenvalue weighted by Crippen LogP contribution is 2.15. The van der Waals surface area contributed by atoms with Gasteiger partial charge in [-0.3, -0.25) is 4.79 Å². The molecule has 3 rings (SSSR count). The normalized spacial score (nSPS) is 14.8. The van der Waals surface area contributed by atoms with E-state index >= 15 is 0 Å². The van der Waals surface area contributed by atoms with Gasteiger partial charge in [0.25, 0.3) is 5.91 Å². The van der Waals surface area contributed by atoms with E-state index in [2.05, 4.69) is 30.1 Å². The lowest BCUT2D eigenvalue weighted by Gasteiger charge is -2.35. The van der Waals surface area contributed by atoms with Crippen molar-refractivity contribution in [3.63, 3.8) is 0 Å². The molecule has 1 aliphatic rings. The molecule has 1 N–H and O–H groups in total. The van der Waals surface area contributed by atoms with Gasteiger partial charge in [-0.15, -0.1) is 0 Å². The molecule has 1 saturated heterocycles. The van der Waals surface area contributed by atoms with Crippen molar-refractivity contribution in [1.82, 2.24) is 20.3 Å². The molecule has 1 aliphatic heterocycles. The minimum Gasteiger partial charge on any atom is -0.353 e. The molecule has 2 aromatic heterocycles. The first kappa shape index (κ1) is 16.2. The van der Waals surface area contributed by atoms with E-state index in [1.165, 1.54) is 0 Å². The van der Waals surface area contributed by atoms with Gasteiger partial charge < -0.3 is 15.1 Å². The number of piperazine rings is 1. The fourth-order valence-electron chi connectivity index (χ4n) is 2.62. The summed E-state index contributed by atoms with van der Waals surface area (Å²) in [6.07, 6.45) is 4.99. The van der Waals surface area contributed by atoms with Crippen molar-refractivity contribution in [1.29, 1.82) is 0 Å². The molecule has 0 bridgehead atoms. The molecule has 24 heavy (non-hydrogen) atoms. The summed E-state index contributed by atoms with van der Waals surface area (Å²) in [7, 11) is 0. The van der Waals surface area contributed by atoms with E-state index in [1.54, 1.807) is 12.4 Å². The topological polar surface area (TPSA) is 74.2 Å². The Labute approximate surface area is 141 Å². The van der Waals surface area contributed by atoms with Crippen LogP contribution in [-0.2, 0) is 0 Å². The van der Waals surface area contributed by atoms with E-state index in [1.807, 2.05) is 38.2 Å². The quantitative estimate of drug-likeness (QED) is 0.914. The Hall–Kier alpha value is -2.70. The van der Waals surface area contributed by atoms with Gasteiger partial charge in [-0.25, -0.2) is 15.0 Å². The van der Waals surface area contributed by atoms with Gasteiger partial charge in [-0.2, -0.15) is 0 Å². The Morgan fingerprint density at radius 1 is 1.04 bits per heavy atom. The molecule has 0 spiro atoms. The van der Waals surface area contributed by atoms with Gasteiger partial charge in [0.2, 0.25) is 5.95 Å². The number of hydrogen-bond acceptors (Lipinski definition) is 6. The lowest BCUT2D eigenvalue weighted by Crippen LogP contribution is -2.47. The van der Waals surface area contributed by atoms with Crippen LogP contribution in [0, 0.1) is 0 Å². The maximum atomic E-state index is 11.9. The zero-order valence-electron chi connectivity index (χ0n) is 14.0. The maximum Gasteiger partial charge on any atom is 0.254 e. The van der Waals surface area contributed by atoms with Crippen LogP contribution in [0.3, 0.4) is 0 Å². The number of aromatic nitrogens is 3. The average Bonchev–Trinajstić information content (AvgIpc) is 2.62. The molecule has 126 valence electrons. The van der Waals surface area contributed by atoms with Crippen molar-refractivity contribution in [3.05, 3.63) is 42.4 Å². The van der Waals surface area contributed by atoms with Crippen molar-refractivity contribution in [3.8, 4) is 0 Å². The number of carbonyl (C=O) groups excluding carboxylic acids is 1. The third kappa shape index (κ3) is 3.79. The number of rotatable bonds is 4. The van der Waals surface area contributed by atoms with Crippen LogP contribution in [0.4, 0.5) is 11.8 Å². The van der Waals surface area contributed by atoms with E-state index in [9.17, 15) is 4.79 Å². The number of carbonyl (C=O) groups is 1. The molecule has 0 aromatic carbocycles. The summed E-state index contributed by atoms with van der Waals surface area (Å²) in [6.45, 7) is 7.25. The van der Waals surface area contributed by atoms with Crippen LogP contribution in [0.15, 0.2) is 36.8 Å². The SMILES string of the molecule is CC(C)NC(=O)c1cnc(N2CCN(c3ccccn3)CC2)nc1. The molecule has 0 saturated carbocycles. The van der Waals surface area contributed by atoms with Gasteiger partial charge in [-0.05, 0) is 26.0 Å². The highest BCUT2D eigenvalue weighted by Gasteiger charge is 2.20. The summed E-state index contributed by atoms with van der Waals surface area (Å²) >= 11 is 0. The molecule has 1 amide bonds. The molecular weight excluding hydrogens is 304 g/mol. The van der Waals surface area contributed by atoms with Gasteiger partial charge in [0.15, 0.2) is 0 Å². The van der Waals surface area contributed by atoms with Crippen LogP contribution in [0.1, 0.15) is 24.2 Å². The lowest BCUT2D eigenvalue weighted by atomic mass is 10.3. The van der Waals surface area contributed by atoms with Crippen molar-refractivity contribution in [2.45, 2.75) is 19.9 Å². The minimum absolute atomic E-state index is 0.0943. The monoisotopic (exact) mass is 326 g/mol. The van der Waals surface area contributed by atoms with Crippen LogP contribution in [-0.4, -0.2) is 53.1 Å². The van der Waals surface area contributed by atoms with Crippen LogP contribution in [0.5, 0.6) is 0 Å². The average molecular weight is 326 g/mol. The van der Waals surface area contributed by atoms with Crippen LogP contribution >= 0.6 is 0 Å². The van der Waals surface area contributed by atoms with Gasteiger partial charge in [-0.1, -0.05) is 6.07 Å². The zero-order chi connectivity index (χ0) is 16.9. The van der Waals surface area contributed by atoms with Crippen molar-refractivity contribution in [2.75, 3.05) is 36.0 Å². The van der Waals surface area contributed by atoms with Gasteiger partial charge in [0, 0.05) is 50.8 Å². The Bertz CT molecular complexity index is 665. The molecule has 0 unspecified atom stereocenters. The molecule has 7 heteroatoms. The molecule has 1 fully saturated rings. The number of nitrogens with one attached hydrogen (secondary N) is 1. The Balaban J connectivity index is 1.59. The summed E-state index contributed by atoms with van der Waals surface area (Å²) in [5.74, 6) is 1.52. The summed E-state index contributed by atoms with van der Waals surface area (Å²) in [5.41, 5.74) is 0.486. The number of anilines is 2. The minimum atomic E-state index is -0.142. The molecule has 3 heterocycles. The van der Waals surface area contributed by atoms with Gasteiger partial charge in [0.1, 0.15) is 5.82 Å². The standard InChI is InChI=1S/C17H22N6O/c1-13(2)21-16(24)14-11-19-17(20-12-14)23-9-7-22(8-10-23)15-5-3-4-6-18-15/h3-6,11-13H,7-10H2,1-2H3,(H,21,24). The second-order valence-electron chi connectivity index (χ2n) is 6.06. The first-order chi connectivity index (χ1) is 11.6. The van der Waals surface area contributed by atoms with Crippen molar-refractivity contribution < 1.29 is 4.79 Å². The van der Waals surface area contributed by atoms with Crippen LogP contribution in [0.2, 0.25) is 0 Å². The van der Waals surface area contributed by atoms with Gasteiger partial charge in [0.05, 0.1) is 5.56 Å². The first-order valence-corrected chi connectivity index (χ1v) is 8.17. The number of nitrogens with zero attached hydrogens (tertiary/aromatic N) is 5. The molecule has 0 aliphatic carbocycles. The molecular formula is C17H22N6O. The van der Waals surface area contributed by atoms with Crippen LogP contribution < -0.4 is 15.1 Å². The lowest BCUT2D eigenvalue weighted by molar-refractivity contribution is 0.0942. The predicted molar refractivity (Wildman–Crippen MR) is 93.3 cm³/mol. The third-order valence-corrected chi connectivity index (χ3v) is 3.86. The van der Waals surface area contributed by atoms with E-state index in [-0.39, 0.29) is 11.9 Å². The van der Waals surface area contributed by atoms with Crippen molar-refractivity contribution in [2.24, 2.45) is 0 Å². The van der Waals surface area contributed by atoms with Crippen molar-refractivity contribution >= 4 is 17.7 Å². The maximum absolute atomic E-state index is 11.9. The second-order valence-corrected chi connectivity index (χ2v) is 6.06. The van der Waals surface area contributed by atoms with E-state index in [0.717, 1.165) is 32.0 Å². The zero-order valence-corrected chi connectivity index (χ0v) is 14.0. The van der Waals surface area contributed by atoms with E-state index < -0.39 is 0 Å². The largest absolute Gasteiger partial charge is 0.353 e. The summed E-state index contributed by atoms with van der Waals surface area (Å²) < 4.78 is 0. The third-order valence-electron chi connectivity index (χ3n) is 3.86. The number of pyridine rings is 1.